The molecule has 0 bridgehead atoms. The van der Waals surface area contributed by atoms with Gasteiger partial charge < -0.3 is 4.42 Å². The van der Waals surface area contributed by atoms with Crippen LogP contribution in [0.4, 0.5) is 0 Å². The standard InChI is InChI=1S/C12H16N2OS/c1-8-9(2)15-12(14-8)16-11-6-4-3-5-10(11)7-13/h10-11H,3-6H2,1-2H3. The Kier molecular flexibility index (Phi) is 3.55. The smallest absolute Gasteiger partial charge is 0.256 e. The van der Waals surface area contributed by atoms with E-state index < -0.39 is 0 Å². The van der Waals surface area contributed by atoms with Crippen molar-refractivity contribution in [1.82, 2.24) is 4.98 Å². The molecule has 0 aromatic carbocycles. The molecule has 2 rings (SSSR count). The van der Waals surface area contributed by atoms with Gasteiger partial charge in [0.15, 0.2) is 0 Å². The van der Waals surface area contributed by atoms with Gasteiger partial charge in [-0.3, -0.25) is 0 Å². The van der Waals surface area contributed by atoms with E-state index in [2.05, 4.69) is 11.1 Å². The summed E-state index contributed by atoms with van der Waals surface area (Å²) in [6.45, 7) is 3.88. The Hall–Kier alpha value is -0.950. The number of hydrogen-bond acceptors (Lipinski definition) is 4. The third-order valence-corrected chi connectivity index (χ3v) is 4.37. The number of aryl methyl sites for hydroxylation is 2. The van der Waals surface area contributed by atoms with Crippen LogP contribution in [0, 0.1) is 31.1 Å². The third-order valence-electron chi connectivity index (χ3n) is 3.13. The average Bonchev–Trinajstić information content (AvgIpc) is 2.59. The van der Waals surface area contributed by atoms with Crippen molar-refractivity contribution in [2.24, 2.45) is 5.92 Å². The highest BCUT2D eigenvalue weighted by Crippen LogP contribution is 2.37. The SMILES string of the molecule is Cc1nc(SC2CCCCC2C#N)oc1C. The summed E-state index contributed by atoms with van der Waals surface area (Å²) in [7, 11) is 0. The van der Waals surface area contributed by atoms with E-state index in [0.717, 1.165) is 29.5 Å². The number of oxazole rings is 1. The van der Waals surface area contributed by atoms with Crippen LogP contribution >= 0.6 is 11.8 Å². The van der Waals surface area contributed by atoms with E-state index in [1.807, 2.05) is 13.8 Å². The third kappa shape index (κ3) is 2.41. The van der Waals surface area contributed by atoms with Crippen LogP contribution in [0.1, 0.15) is 37.1 Å². The predicted molar refractivity (Wildman–Crippen MR) is 63.2 cm³/mol. The molecule has 1 aromatic rings. The van der Waals surface area contributed by atoms with Gasteiger partial charge in [-0.05, 0) is 26.7 Å². The van der Waals surface area contributed by atoms with Gasteiger partial charge in [-0.25, -0.2) is 4.98 Å². The maximum atomic E-state index is 9.08. The van der Waals surface area contributed by atoms with Crippen molar-refractivity contribution >= 4 is 11.8 Å². The van der Waals surface area contributed by atoms with Gasteiger partial charge in [0.2, 0.25) is 0 Å². The molecule has 1 aliphatic carbocycles. The van der Waals surface area contributed by atoms with Crippen LogP contribution in [0.15, 0.2) is 9.64 Å². The van der Waals surface area contributed by atoms with E-state index in [9.17, 15) is 0 Å². The number of nitrogens with zero attached hydrogens (tertiary/aromatic N) is 2. The molecule has 1 aromatic heterocycles. The van der Waals surface area contributed by atoms with Crippen LogP contribution in [-0.4, -0.2) is 10.2 Å². The zero-order chi connectivity index (χ0) is 11.5. The van der Waals surface area contributed by atoms with Crippen LogP contribution in [0.2, 0.25) is 0 Å². The molecule has 1 fully saturated rings. The number of thioether (sulfide) groups is 1. The molecule has 0 radical (unpaired) electrons. The van der Waals surface area contributed by atoms with Crippen LogP contribution in [0.5, 0.6) is 0 Å². The average molecular weight is 236 g/mol. The summed E-state index contributed by atoms with van der Waals surface area (Å²) < 4.78 is 5.55. The molecule has 86 valence electrons. The largest absolute Gasteiger partial charge is 0.437 e. The molecule has 2 unspecified atom stereocenters. The minimum Gasteiger partial charge on any atom is -0.437 e. The van der Waals surface area contributed by atoms with Crippen molar-refractivity contribution in [2.45, 2.75) is 50.0 Å². The highest BCUT2D eigenvalue weighted by atomic mass is 32.2. The fraction of sp³-hybridized carbons (Fsp3) is 0.667. The lowest BCUT2D eigenvalue weighted by molar-refractivity contribution is 0.414. The van der Waals surface area contributed by atoms with Crippen LogP contribution in [0.25, 0.3) is 0 Å². The number of hydrogen-bond donors (Lipinski definition) is 0. The van der Waals surface area contributed by atoms with E-state index in [1.54, 1.807) is 11.8 Å². The molecule has 4 heteroatoms. The fourth-order valence-corrected chi connectivity index (χ4v) is 3.28. The lowest BCUT2D eigenvalue weighted by Crippen LogP contribution is -2.20. The topological polar surface area (TPSA) is 49.8 Å². The van der Waals surface area contributed by atoms with E-state index in [-0.39, 0.29) is 5.92 Å². The second-order valence-corrected chi connectivity index (χ2v) is 5.49. The normalized spacial score (nSPS) is 25.3. The maximum Gasteiger partial charge on any atom is 0.256 e. The van der Waals surface area contributed by atoms with Crippen molar-refractivity contribution in [2.75, 3.05) is 0 Å². The minimum atomic E-state index is 0.159. The summed E-state index contributed by atoms with van der Waals surface area (Å²) in [6, 6.07) is 2.41. The summed E-state index contributed by atoms with van der Waals surface area (Å²) in [6.07, 6.45) is 4.52. The number of nitriles is 1. The van der Waals surface area contributed by atoms with Gasteiger partial charge >= 0.3 is 0 Å². The second-order valence-electron chi connectivity index (χ2n) is 4.30. The summed E-state index contributed by atoms with van der Waals surface area (Å²) in [5.74, 6) is 1.04. The first-order chi connectivity index (χ1) is 7.70. The minimum absolute atomic E-state index is 0.159. The van der Waals surface area contributed by atoms with E-state index in [4.69, 9.17) is 9.68 Å². The lowest BCUT2D eigenvalue weighted by Gasteiger charge is -2.24. The molecule has 0 N–H and O–H groups in total. The number of rotatable bonds is 2. The van der Waals surface area contributed by atoms with Crippen LogP contribution in [-0.2, 0) is 0 Å². The van der Waals surface area contributed by atoms with E-state index in [0.29, 0.717) is 5.25 Å². The van der Waals surface area contributed by atoms with Crippen molar-refractivity contribution in [3.63, 3.8) is 0 Å². The Morgan fingerprint density at radius 1 is 1.38 bits per heavy atom. The van der Waals surface area contributed by atoms with Gasteiger partial charge in [-0.1, -0.05) is 24.6 Å². The molecule has 1 heterocycles. The Labute approximate surface area is 100 Å². The fourth-order valence-electron chi connectivity index (χ4n) is 2.01. The molecule has 1 saturated carbocycles. The maximum absolute atomic E-state index is 9.08. The molecule has 0 aliphatic heterocycles. The van der Waals surface area contributed by atoms with Crippen LogP contribution < -0.4 is 0 Å². The molecule has 0 spiro atoms. The zero-order valence-electron chi connectivity index (χ0n) is 9.69. The van der Waals surface area contributed by atoms with Crippen molar-refractivity contribution in [3.05, 3.63) is 11.5 Å². The second kappa shape index (κ2) is 4.92. The summed E-state index contributed by atoms with van der Waals surface area (Å²) in [5.41, 5.74) is 0.951. The summed E-state index contributed by atoms with van der Waals surface area (Å²) in [4.78, 5) is 4.36. The first-order valence-corrected chi connectivity index (χ1v) is 6.59. The van der Waals surface area contributed by atoms with Gasteiger partial charge in [0.25, 0.3) is 5.22 Å². The molecular formula is C12H16N2OS. The van der Waals surface area contributed by atoms with Crippen molar-refractivity contribution < 1.29 is 4.42 Å². The first kappa shape index (κ1) is 11.5. The Morgan fingerprint density at radius 3 is 2.75 bits per heavy atom. The zero-order valence-corrected chi connectivity index (χ0v) is 10.5. The van der Waals surface area contributed by atoms with Crippen molar-refractivity contribution in [1.29, 1.82) is 5.26 Å². The van der Waals surface area contributed by atoms with Gasteiger partial charge in [-0.2, -0.15) is 5.26 Å². The highest BCUT2D eigenvalue weighted by Gasteiger charge is 2.27. The van der Waals surface area contributed by atoms with Gasteiger partial charge in [0.1, 0.15) is 5.76 Å². The van der Waals surface area contributed by atoms with E-state index >= 15 is 0 Å². The van der Waals surface area contributed by atoms with Gasteiger partial charge in [-0.15, -0.1) is 0 Å². The van der Waals surface area contributed by atoms with Gasteiger partial charge in [0, 0.05) is 5.25 Å². The summed E-state index contributed by atoms with van der Waals surface area (Å²) >= 11 is 1.63. The van der Waals surface area contributed by atoms with Crippen molar-refractivity contribution in [3.8, 4) is 6.07 Å². The quantitative estimate of drug-likeness (QED) is 0.789. The monoisotopic (exact) mass is 236 g/mol. The first-order valence-electron chi connectivity index (χ1n) is 5.71. The molecule has 16 heavy (non-hydrogen) atoms. The Bertz CT molecular complexity index is 388. The molecule has 3 nitrogen and oxygen atoms in total. The van der Waals surface area contributed by atoms with Crippen LogP contribution in [0.3, 0.4) is 0 Å². The molecule has 0 saturated heterocycles. The Balaban J connectivity index is 2.05. The molecular weight excluding hydrogens is 220 g/mol. The highest BCUT2D eigenvalue weighted by molar-refractivity contribution is 7.99. The predicted octanol–water partition coefficient (Wildman–Crippen LogP) is 3.47. The molecule has 1 aliphatic rings. The molecule has 2 atom stereocenters. The molecule has 0 amide bonds. The summed E-state index contributed by atoms with van der Waals surface area (Å²) in [5, 5.41) is 10.2. The Morgan fingerprint density at radius 2 is 2.12 bits per heavy atom. The van der Waals surface area contributed by atoms with E-state index in [1.165, 1.54) is 12.8 Å². The van der Waals surface area contributed by atoms with Gasteiger partial charge in [0.05, 0.1) is 17.7 Å². The number of aromatic nitrogens is 1. The lowest BCUT2D eigenvalue weighted by atomic mass is 9.90.